The summed E-state index contributed by atoms with van der Waals surface area (Å²) in [5.41, 5.74) is 0.979. The molecule has 0 radical (unpaired) electrons. The highest BCUT2D eigenvalue weighted by atomic mass is 79.9. The lowest BCUT2D eigenvalue weighted by Gasteiger charge is -2.02. The Morgan fingerprint density at radius 2 is 2.33 bits per heavy atom. The third kappa shape index (κ3) is 2.08. The molecule has 0 fully saturated rings. The maximum absolute atomic E-state index is 5.47. The topological polar surface area (TPSA) is 34.1 Å². The van der Waals surface area contributed by atoms with Gasteiger partial charge in [-0.1, -0.05) is 11.3 Å². The monoisotopic (exact) mass is 286 g/mol. The van der Waals surface area contributed by atoms with Crippen molar-refractivity contribution >= 4 is 42.6 Å². The Bertz CT molecular complexity index is 483. The van der Waals surface area contributed by atoms with Gasteiger partial charge in [0, 0.05) is 11.5 Å². The van der Waals surface area contributed by atoms with Crippen LogP contribution in [-0.4, -0.2) is 18.6 Å². The molecule has 0 saturated heterocycles. The van der Waals surface area contributed by atoms with Crippen LogP contribution in [0.5, 0.6) is 5.75 Å². The van der Waals surface area contributed by atoms with Crippen LogP contribution < -0.4 is 10.1 Å². The highest BCUT2D eigenvalue weighted by Crippen LogP contribution is 2.34. The van der Waals surface area contributed by atoms with Gasteiger partial charge < -0.3 is 10.1 Å². The van der Waals surface area contributed by atoms with Crippen LogP contribution in [0.25, 0.3) is 10.2 Å². The molecule has 1 heterocycles. The van der Waals surface area contributed by atoms with Crippen LogP contribution in [0.1, 0.15) is 6.92 Å². The zero-order chi connectivity index (χ0) is 10.8. The van der Waals surface area contributed by atoms with Crippen molar-refractivity contribution in [3.63, 3.8) is 0 Å². The van der Waals surface area contributed by atoms with Crippen molar-refractivity contribution in [1.82, 2.24) is 4.98 Å². The Balaban J connectivity index is 2.54. The van der Waals surface area contributed by atoms with E-state index in [0.29, 0.717) is 6.61 Å². The van der Waals surface area contributed by atoms with E-state index in [9.17, 15) is 0 Å². The lowest BCUT2D eigenvalue weighted by atomic mass is 10.3. The Labute approximate surface area is 101 Å². The minimum Gasteiger partial charge on any atom is -0.494 e. The quantitative estimate of drug-likeness (QED) is 0.938. The summed E-state index contributed by atoms with van der Waals surface area (Å²) in [6.45, 7) is 2.65. The number of thiazole rings is 1. The first-order valence-corrected chi connectivity index (χ1v) is 6.26. The van der Waals surface area contributed by atoms with Crippen LogP contribution in [0, 0.1) is 0 Å². The van der Waals surface area contributed by atoms with Gasteiger partial charge in [0.25, 0.3) is 0 Å². The zero-order valence-corrected chi connectivity index (χ0v) is 10.9. The normalized spacial score (nSPS) is 10.6. The number of aromatic nitrogens is 1. The van der Waals surface area contributed by atoms with E-state index in [4.69, 9.17) is 4.74 Å². The standard InChI is InChI=1S/C10H11BrN2OS/c1-3-14-6-4-7(11)9-8(5-6)15-10(12-2)13-9/h4-5H,3H2,1-2H3,(H,12,13). The van der Waals surface area contributed by atoms with Crippen molar-refractivity contribution in [3.8, 4) is 5.75 Å². The number of rotatable bonds is 3. The van der Waals surface area contributed by atoms with Gasteiger partial charge in [0.1, 0.15) is 5.75 Å². The lowest BCUT2D eigenvalue weighted by molar-refractivity contribution is 0.340. The number of fused-ring (bicyclic) bond motifs is 1. The molecule has 15 heavy (non-hydrogen) atoms. The molecule has 1 aromatic carbocycles. The second-order valence-electron chi connectivity index (χ2n) is 2.95. The maximum Gasteiger partial charge on any atom is 0.183 e. The number of halogens is 1. The highest BCUT2D eigenvalue weighted by Gasteiger charge is 2.08. The number of hydrogen-bond acceptors (Lipinski definition) is 4. The molecule has 0 aliphatic heterocycles. The van der Waals surface area contributed by atoms with Crippen molar-refractivity contribution < 1.29 is 4.74 Å². The van der Waals surface area contributed by atoms with Crippen molar-refractivity contribution in [2.45, 2.75) is 6.92 Å². The maximum atomic E-state index is 5.47. The Kier molecular flexibility index (Phi) is 3.11. The smallest absolute Gasteiger partial charge is 0.183 e. The molecule has 2 aromatic rings. The molecule has 3 nitrogen and oxygen atoms in total. The van der Waals surface area contributed by atoms with Crippen molar-refractivity contribution in [2.24, 2.45) is 0 Å². The molecule has 1 aromatic heterocycles. The van der Waals surface area contributed by atoms with Gasteiger partial charge in [-0.3, -0.25) is 0 Å². The van der Waals surface area contributed by atoms with E-state index in [0.717, 1.165) is 25.6 Å². The molecule has 0 bridgehead atoms. The third-order valence-electron chi connectivity index (χ3n) is 1.95. The van der Waals surface area contributed by atoms with Gasteiger partial charge in [-0.05, 0) is 35.0 Å². The fourth-order valence-corrected chi connectivity index (χ4v) is 2.86. The minimum absolute atomic E-state index is 0.676. The largest absolute Gasteiger partial charge is 0.494 e. The SMILES string of the molecule is CCOc1cc(Br)c2nc(NC)sc2c1. The van der Waals surface area contributed by atoms with Crippen molar-refractivity contribution in [1.29, 1.82) is 0 Å². The van der Waals surface area contributed by atoms with Gasteiger partial charge in [0.15, 0.2) is 5.13 Å². The summed E-state index contributed by atoms with van der Waals surface area (Å²) in [7, 11) is 1.87. The summed E-state index contributed by atoms with van der Waals surface area (Å²) < 4.78 is 7.56. The fourth-order valence-electron chi connectivity index (χ4n) is 1.32. The Morgan fingerprint density at radius 1 is 1.53 bits per heavy atom. The van der Waals surface area contributed by atoms with E-state index in [1.54, 1.807) is 11.3 Å². The molecule has 1 N–H and O–H groups in total. The molecule has 2 rings (SSSR count). The van der Waals surface area contributed by atoms with Gasteiger partial charge >= 0.3 is 0 Å². The van der Waals surface area contributed by atoms with Crippen LogP contribution in [0.3, 0.4) is 0 Å². The first kappa shape index (κ1) is 10.7. The van der Waals surface area contributed by atoms with E-state index in [1.807, 2.05) is 26.1 Å². The van der Waals surface area contributed by atoms with Gasteiger partial charge in [-0.2, -0.15) is 0 Å². The Hall–Kier alpha value is -0.810. The molecule has 0 spiro atoms. The number of anilines is 1. The van der Waals surface area contributed by atoms with Crippen LogP contribution >= 0.6 is 27.3 Å². The Morgan fingerprint density at radius 3 is 3.00 bits per heavy atom. The first-order valence-electron chi connectivity index (χ1n) is 4.65. The van der Waals surface area contributed by atoms with Crippen LogP contribution in [0.4, 0.5) is 5.13 Å². The van der Waals surface area contributed by atoms with Crippen LogP contribution in [0.15, 0.2) is 16.6 Å². The molecule has 0 aliphatic carbocycles. The van der Waals surface area contributed by atoms with E-state index >= 15 is 0 Å². The van der Waals surface area contributed by atoms with Gasteiger partial charge in [-0.25, -0.2) is 4.98 Å². The summed E-state index contributed by atoms with van der Waals surface area (Å²) in [4.78, 5) is 4.44. The molecule has 0 unspecified atom stereocenters. The van der Waals surface area contributed by atoms with Crippen LogP contribution in [0.2, 0.25) is 0 Å². The second kappa shape index (κ2) is 4.37. The number of nitrogens with zero attached hydrogens (tertiary/aromatic N) is 1. The molecule has 0 saturated carbocycles. The zero-order valence-electron chi connectivity index (χ0n) is 8.50. The summed E-state index contributed by atoms with van der Waals surface area (Å²) in [5.74, 6) is 0.878. The average Bonchev–Trinajstić information content (AvgIpc) is 2.62. The van der Waals surface area contributed by atoms with Crippen molar-refractivity contribution in [2.75, 3.05) is 19.0 Å². The predicted octanol–water partition coefficient (Wildman–Crippen LogP) is 3.50. The molecule has 80 valence electrons. The summed E-state index contributed by atoms with van der Waals surface area (Å²) >= 11 is 5.12. The number of benzene rings is 1. The summed E-state index contributed by atoms with van der Waals surface area (Å²) in [6.07, 6.45) is 0. The molecule has 0 atom stereocenters. The van der Waals surface area contributed by atoms with E-state index in [2.05, 4.69) is 26.2 Å². The van der Waals surface area contributed by atoms with E-state index < -0.39 is 0 Å². The second-order valence-corrected chi connectivity index (χ2v) is 4.84. The predicted molar refractivity (Wildman–Crippen MR) is 68.0 cm³/mol. The lowest BCUT2D eigenvalue weighted by Crippen LogP contribution is -1.90. The van der Waals surface area contributed by atoms with Gasteiger partial charge in [-0.15, -0.1) is 0 Å². The van der Waals surface area contributed by atoms with Crippen LogP contribution in [-0.2, 0) is 0 Å². The molecular weight excluding hydrogens is 276 g/mol. The molecule has 0 amide bonds. The summed E-state index contributed by atoms with van der Waals surface area (Å²) in [5, 5.41) is 3.96. The highest BCUT2D eigenvalue weighted by molar-refractivity contribution is 9.10. The van der Waals surface area contributed by atoms with Crippen molar-refractivity contribution in [3.05, 3.63) is 16.6 Å². The van der Waals surface area contributed by atoms with E-state index in [1.165, 1.54) is 0 Å². The number of ether oxygens (including phenoxy) is 1. The molecule has 0 aliphatic rings. The molecule has 5 heteroatoms. The van der Waals surface area contributed by atoms with Gasteiger partial charge in [0.2, 0.25) is 0 Å². The minimum atomic E-state index is 0.676. The van der Waals surface area contributed by atoms with Gasteiger partial charge in [0.05, 0.1) is 16.8 Å². The molecular formula is C10H11BrN2OS. The third-order valence-corrected chi connectivity index (χ3v) is 3.57. The number of nitrogens with one attached hydrogen (secondary N) is 1. The average molecular weight is 287 g/mol. The first-order chi connectivity index (χ1) is 7.24. The summed E-state index contributed by atoms with van der Waals surface area (Å²) in [6, 6.07) is 3.97. The fraction of sp³-hybridized carbons (Fsp3) is 0.300. The number of hydrogen-bond donors (Lipinski definition) is 1. The van der Waals surface area contributed by atoms with E-state index in [-0.39, 0.29) is 0 Å².